The Morgan fingerprint density at radius 3 is 2.57 bits per heavy atom. The van der Waals surface area contributed by atoms with E-state index in [-0.39, 0.29) is 12.4 Å². The monoisotopic (exact) mass is 334 g/mol. The van der Waals surface area contributed by atoms with Crippen molar-refractivity contribution in [2.24, 2.45) is 0 Å². The van der Waals surface area contributed by atoms with Gasteiger partial charge in [0.1, 0.15) is 5.75 Å². The number of hydrogen-bond acceptors (Lipinski definition) is 4. The molecule has 0 aromatic heterocycles. The fraction of sp³-hybridized carbons (Fsp3) is 0.278. The molecule has 0 atom stereocenters. The van der Waals surface area contributed by atoms with Crippen LogP contribution in [0.4, 0.5) is 0 Å². The first kappa shape index (κ1) is 17.2. The molecular weight excluding hydrogens is 316 g/mol. The van der Waals surface area contributed by atoms with Gasteiger partial charge in [-0.15, -0.1) is 0 Å². The van der Waals surface area contributed by atoms with E-state index < -0.39 is 0 Å². The smallest absolute Gasteiger partial charge is 0.311 e. The van der Waals surface area contributed by atoms with Crippen LogP contribution >= 0.6 is 11.6 Å². The predicted octanol–water partition coefficient (Wildman–Crippen LogP) is 4.29. The molecule has 23 heavy (non-hydrogen) atoms. The molecule has 4 nitrogen and oxygen atoms in total. The van der Waals surface area contributed by atoms with Crippen LogP contribution in [0.5, 0.6) is 17.2 Å². The Morgan fingerprint density at radius 1 is 1.09 bits per heavy atom. The number of esters is 1. The van der Waals surface area contributed by atoms with Gasteiger partial charge < -0.3 is 14.2 Å². The van der Waals surface area contributed by atoms with Crippen LogP contribution in [-0.2, 0) is 11.2 Å². The zero-order valence-electron chi connectivity index (χ0n) is 13.2. The number of halogens is 1. The Balaban J connectivity index is 1.95. The van der Waals surface area contributed by atoms with E-state index in [1.165, 1.54) is 0 Å². The first-order chi connectivity index (χ1) is 11.1. The number of benzene rings is 2. The minimum Gasteiger partial charge on any atom is -0.493 e. The standard InChI is InChI=1S/C18H19ClO4/c1-3-22-16-10-8-13(12-17(16)21-2)9-11-18(20)23-15-7-5-4-6-14(15)19/h4-8,10,12H,3,9,11H2,1-2H3. The van der Waals surface area contributed by atoms with Gasteiger partial charge in [-0.25, -0.2) is 0 Å². The SMILES string of the molecule is CCOc1ccc(CCC(=O)Oc2ccccc2Cl)cc1OC. The summed E-state index contributed by atoms with van der Waals surface area (Å²) in [5, 5.41) is 0.420. The first-order valence-corrected chi connectivity index (χ1v) is 7.76. The molecule has 0 saturated heterocycles. The van der Waals surface area contributed by atoms with Gasteiger partial charge in [0.05, 0.1) is 18.7 Å². The number of carbonyl (C=O) groups excluding carboxylic acids is 1. The average molecular weight is 335 g/mol. The van der Waals surface area contributed by atoms with E-state index in [9.17, 15) is 4.79 Å². The second-order valence-electron chi connectivity index (χ2n) is 4.82. The van der Waals surface area contributed by atoms with Crippen molar-refractivity contribution in [3.05, 3.63) is 53.1 Å². The minimum atomic E-state index is -0.328. The van der Waals surface area contributed by atoms with Crippen LogP contribution in [0, 0.1) is 0 Å². The lowest BCUT2D eigenvalue weighted by molar-refractivity contribution is -0.134. The van der Waals surface area contributed by atoms with Gasteiger partial charge in [-0.05, 0) is 43.2 Å². The molecule has 0 bridgehead atoms. The zero-order chi connectivity index (χ0) is 16.7. The molecule has 0 unspecified atom stereocenters. The van der Waals surface area contributed by atoms with Gasteiger partial charge in [0.25, 0.3) is 0 Å². The van der Waals surface area contributed by atoms with Crippen molar-refractivity contribution in [2.75, 3.05) is 13.7 Å². The molecule has 2 aromatic carbocycles. The molecule has 0 aliphatic carbocycles. The molecule has 2 aromatic rings. The minimum absolute atomic E-state index is 0.252. The number of hydrogen-bond donors (Lipinski definition) is 0. The lowest BCUT2D eigenvalue weighted by Crippen LogP contribution is -2.09. The molecule has 0 spiro atoms. The molecule has 0 fully saturated rings. The molecule has 0 saturated carbocycles. The van der Waals surface area contributed by atoms with E-state index in [1.54, 1.807) is 31.4 Å². The highest BCUT2D eigenvalue weighted by Gasteiger charge is 2.10. The highest BCUT2D eigenvalue weighted by atomic mass is 35.5. The Morgan fingerprint density at radius 2 is 1.87 bits per heavy atom. The van der Waals surface area contributed by atoms with Crippen molar-refractivity contribution in [1.29, 1.82) is 0 Å². The molecule has 0 aliphatic rings. The van der Waals surface area contributed by atoms with Gasteiger partial charge in [0.2, 0.25) is 0 Å². The van der Waals surface area contributed by atoms with Crippen molar-refractivity contribution in [1.82, 2.24) is 0 Å². The normalized spacial score (nSPS) is 10.2. The maximum absolute atomic E-state index is 11.9. The molecular formula is C18H19ClO4. The highest BCUT2D eigenvalue weighted by molar-refractivity contribution is 6.32. The van der Waals surface area contributed by atoms with Crippen LogP contribution in [-0.4, -0.2) is 19.7 Å². The van der Waals surface area contributed by atoms with E-state index in [0.717, 1.165) is 5.56 Å². The summed E-state index contributed by atoms with van der Waals surface area (Å²) < 4.78 is 16.0. The van der Waals surface area contributed by atoms with Crippen molar-refractivity contribution >= 4 is 17.6 Å². The summed E-state index contributed by atoms with van der Waals surface area (Å²) in [5.74, 6) is 1.40. The van der Waals surface area contributed by atoms with E-state index in [0.29, 0.717) is 35.3 Å². The third-order valence-corrected chi connectivity index (χ3v) is 3.52. The maximum Gasteiger partial charge on any atom is 0.311 e. The summed E-state index contributed by atoms with van der Waals surface area (Å²) in [6.45, 7) is 2.48. The zero-order valence-corrected chi connectivity index (χ0v) is 13.9. The van der Waals surface area contributed by atoms with Crippen molar-refractivity contribution in [3.8, 4) is 17.2 Å². The lowest BCUT2D eigenvalue weighted by Gasteiger charge is -2.11. The molecule has 0 heterocycles. The predicted molar refractivity (Wildman–Crippen MR) is 89.6 cm³/mol. The van der Waals surface area contributed by atoms with E-state index in [2.05, 4.69) is 0 Å². The van der Waals surface area contributed by atoms with Gasteiger partial charge in [0.15, 0.2) is 11.5 Å². The molecule has 2 rings (SSSR count). The van der Waals surface area contributed by atoms with E-state index in [1.807, 2.05) is 25.1 Å². The van der Waals surface area contributed by atoms with Crippen LogP contribution in [0.15, 0.2) is 42.5 Å². The van der Waals surface area contributed by atoms with Crippen LogP contribution in [0.3, 0.4) is 0 Å². The summed E-state index contributed by atoms with van der Waals surface area (Å²) in [4.78, 5) is 11.9. The second-order valence-corrected chi connectivity index (χ2v) is 5.23. The van der Waals surface area contributed by atoms with Crippen LogP contribution < -0.4 is 14.2 Å². The molecule has 5 heteroatoms. The quantitative estimate of drug-likeness (QED) is 0.560. The first-order valence-electron chi connectivity index (χ1n) is 7.39. The van der Waals surface area contributed by atoms with Crippen molar-refractivity contribution < 1.29 is 19.0 Å². The maximum atomic E-state index is 11.9. The average Bonchev–Trinajstić information content (AvgIpc) is 2.56. The summed E-state index contributed by atoms with van der Waals surface area (Å²) in [6.07, 6.45) is 0.800. The van der Waals surface area contributed by atoms with E-state index >= 15 is 0 Å². The van der Waals surface area contributed by atoms with Crippen LogP contribution in [0.1, 0.15) is 18.9 Å². The summed E-state index contributed by atoms with van der Waals surface area (Å²) in [6, 6.07) is 12.5. The van der Waals surface area contributed by atoms with E-state index in [4.69, 9.17) is 25.8 Å². The number of ether oxygens (including phenoxy) is 3. The largest absolute Gasteiger partial charge is 0.493 e. The third kappa shape index (κ3) is 4.89. The number of aryl methyl sites for hydroxylation is 1. The molecule has 0 amide bonds. The summed E-state index contributed by atoms with van der Waals surface area (Å²) >= 11 is 5.96. The fourth-order valence-corrected chi connectivity index (χ4v) is 2.26. The van der Waals surface area contributed by atoms with Gasteiger partial charge in [-0.3, -0.25) is 4.79 Å². The third-order valence-electron chi connectivity index (χ3n) is 3.21. The molecule has 0 radical (unpaired) electrons. The fourth-order valence-electron chi connectivity index (χ4n) is 2.09. The van der Waals surface area contributed by atoms with Gasteiger partial charge in [-0.2, -0.15) is 0 Å². The number of methoxy groups -OCH3 is 1. The summed E-state index contributed by atoms with van der Waals surface area (Å²) in [7, 11) is 1.59. The molecule has 122 valence electrons. The number of para-hydroxylation sites is 1. The molecule has 0 N–H and O–H groups in total. The Bertz CT molecular complexity index is 670. The Kier molecular flexibility index (Phi) is 6.29. The Hall–Kier alpha value is -2.20. The van der Waals surface area contributed by atoms with Gasteiger partial charge in [0, 0.05) is 6.42 Å². The van der Waals surface area contributed by atoms with Gasteiger partial charge >= 0.3 is 5.97 Å². The summed E-state index contributed by atoms with van der Waals surface area (Å²) in [5.41, 5.74) is 0.974. The molecule has 0 aliphatic heterocycles. The van der Waals surface area contributed by atoms with Crippen LogP contribution in [0.2, 0.25) is 5.02 Å². The number of rotatable bonds is 7. The topological polar surface area (TPSA) is 44.8 Å². The lowest BCUT2D eigenvalue weighted by atomic mass is 10.1. The van der Waals surface area contributed by atoms with Crippen molar-refractivity contribution in [3.63, 3.8) is 0 Å². The van der Waals surface area contributed by atoms with Crippen molar-refractivity contribution in [2.45, 2.75) is 19.8 Å². The Labute approximate surface area is 140 Å². The number of carbonyl (C=O) groups is 1. The van der Waals surface area contributed by atoms with Gasteiger partial charge in [-0.1, -0.05) is 29.8 Å². The highest BCUT2D eigenvalue weighted by Crippen LogP contribution is 2.29. The van der Waals surface area contributed by atoms with Crippen LogP contribution in [0.25, 0.3) is 0 Å². The second kappa shape index (κ2) is 8.44.